The van der Waals surface area contributed by atoms with Crippen molar-refractivity contribution >= 4 is 40.5 Å². The predicted octanol–water partition coefficient (Wildman–Crippen LogP) is 3.77. The monoisotopic (exact) mass is 399 g/mol. The van der Waals surface area contributed by atoms with Crippen molar-refractivity contribution in [1.29, 1.82) is 0 Å². The topological polar surface area (TPSA) is 89.8 Å². The molecule has 8 heteroatoms. The van der Waals surface area contributed by atoms with Crippen LogP contribution in [-0.2, 0) is 9.53 Å². The lowest BCUT2D eigenvalue weighted by Gasteiger charge is -2.06. The van der Waals surface area contributed by atoms with Crippen LogP contribution in [-0.4, -0.2) is 33.9 Å². The molecule has 2 heterocycles. The third-order valence-electron chi connectivity index (χ3n) is 4.05. The summed E-state index contributed by atoms with van der Waals surface area (Å²) in [5.41, 5.74) is 1.85. The molecule has 1 N–H and O–H groups in total. The molecule has 0 spiro atoms. The lowest BCUT2D eigenvalue weighted by atomic mass is 10.1. The van der Waals surface area contributed by atoms with Crippen LogP contribution in [0.2, 0.25) is 5.02 Å². The minimum absolute atomic E-state index is 0.0383. The zero-order valence-corrected chi connectivity index (χ0v) is 15.9. The molecule has 2 aromatic heterocycles. The summed E-state index contributed by atoms with van der Waals surface area (Å²) in [7, 11) is 0. The SMILES string of the molecule is CCOC(=O)c1cnn2ccc(NC(=O)CCC(=O)c3ccc(Cl)cc3)cc12. The van der Waals surface area contributed by atoms with Crippen molar-refractivity contribution < 1.29 is 19.1 Å². The minimum Gasteiger partial charge on any atom is -0.462 e. The molecule has 3 aromatic rings. The Kier molecular flexibility index (Phi) is 6.06. The van der Waals surface area contributed by atoms with Gasteiger partial charge in [-0.15, -0.1) is 0 Å². The van der Waals surface area contributed by atoms with Gasteiger partial charge in [0.05, 0.1) is 18.3 Å². The number of carbonyl (C=O) groups is 3. The standard InChI is InChI=1S/C20H18ClN3O4/c1-2-28-20(27)16-12-22-24-10-9-15(11-17(16)24)23-19(26)8-7-18(25)13-3-5-14(21)6-4-13/h3-6,9-12H,2,7-8H2,1H3,(H,23,26). The zero-order chi connectivity index (χ0) is 20.1. The smallest absolute Gasteiger partial charge is 0.341 e. The van der Waals surface area contributed by atoms with Crippen LogP contribution >= 0.6 is 11.6 Å². The molecule has 0 unspecified atom stereocenters. The van der Waals surface area contributed by atoms with Gasteiger partial charge in [-0.1, -0.05) is 11.6 Å². The van der Waals surface area contributed by atoms with Crippen molar-refractivity contribution in [2.45, 2.75) is 19.8 Å². The molecule has 0 aliphatic heterocycles. The molecule has 3 rings (SSSR count). The van der Waals surface area contributed by atoms with Gasteiger partial charge in [-0.05, 0) is 43.3 Å². The number of esters is 1. The molecule has 0 bridgehead atoms. The Morgan fingerprint density at radius 3 is 2.61 bits per heavy atom. The predicted molar refractivity (Wildman–Crippen MR) is 105 cm³/mol. The lowest BCUT2D eigenvalue weighted by Crippen LogP contribution is -2.14. The maximum atomic E-state index is 12.2. The third kappa shape index (κ3) is 4.55. The normalized spacial score (nSPS) is 10.6. The Bertz CT molecular complexity index is 1030. The number of rotatable bonds is 7. The Morgan fingerprint density at radius 2 is 1.89 bits per heavy atom. The Morgan fingerprint density at radius 1 is 1.14 bits per heavy atom. The molecule has 144 valence electrons. The number of nitrogens with zero attached hydrogens (tertiary/aromatic N) is 2. The first-order valence-corrected chi connectivity index (χ1v) is 9.09. The Balaban J connectivity index is 1.64. The van der Waals surface area contributed by atoms with Gasteiger partial charge in [0.2, 0.25) is 5.91 Å². The summed E-state index contributed by atoms with van der Waals surface area (Å²) >= 11 is 5.81. The second-order valence-corrected chi connectivity index (χ2v) is 6.44. The minimum atomic E-state index is -0.477. The summed E-state index contributed by atoms with van der Waals surface area (Å²) in [6.45, 7) is 1.98. The van der Waals surface area contributed by atoms with Gasteiger partial charge in [-0.2, -0.15) is 5.10 Å². The van der Waals surface area contributed by atoms with Gasteiger partial charge in [0.1, 0.15) is 5.56 Å². The number of ketones is 1. The highest BCUT2D eigenvalue weighted by molar-refractivity contribution is 6.30. The molecule has 28 heavy (non-hydrogen) atoms. The van der Waals surface area contributed by atoms with Crippen LogP contribution < -0.4 is 5.32 Å². The summed E-state index contributed by atoms with van der Waals surface area (Å²) in [6, 6.07) is 9.83. The number of carbonyl (C=O) groups excluding carboxylic acids is 3. The average Bonchev–Trinajstić information content (AvgIpc) is 3.10. The Hall–Kier alpha value is -3.19. The highest BCUT2D eigenvalue weighted by Crippen LogP contribution is 2.18. The summed E-state index contributed by atoms with van der Waals surface area (Å²) < 4.78 is 6.52. The summed E-state index contributed by atoms with van der Waals surface area (Å²) in [4.78, 5) is 36.3. The van der Waals surface area contributed by atoms with Gasteiger partial charge in [0.15, 0.2) is 5.78 Å². The van der Waals surface area contributed by atoms with E-state index >= 15 is 0 Å². The van der Waals surface area contributed by atoms with Gasteiger partial charge in [-0.3, -0.25) is 9.59 Å². The van der Waals surface area contributed by atoms with E-state index in [0.29, 0.717) is 27.4 Å². The highest BCUT2D eigenvalue weighted by Gasteiger charge is 2.15. The summed E-state index contributed by atoms with van der Waals surface area (Å²) in [6.07, 6.45) is 3.17. The molecule has 0 fully saturated rings. The molecule has 0 saturated heterocycles. The van der Waals surface area contributed by atoms with Crippen molar-refractivity contribution in [2.24, 2.45) is 0 Å². The largest absolute Gasteiger partial charge is 0.462 e. The van der Waals surface area contributed by atoms with Crippen LogP contribution in [0.25, 0.3) is 5.52 Å². The van der Waals surface area contributed by atoms with Gasteiger partial charge < -0.3 is 10.1 Å². The van der Waals surface area contributed by atoms with Crippen LogP contribution in [0.3, 0.4) is 0 Å². The molecule has 1 amide bonds. The second kappa shape index (κ2) is 8.67. The number of hydrogen-bond acceptors (Lipinski definition) is 5. The van der Waals surface area contributed by atoms with Crippen LogP contribution in [0.15, 0.2) is 48.8 Å². The molecule has 7 nitrogen and oxygen atoms in total. The van der Waals surface area contributed by atoms with E-state index in [1.54, 1.807) is 49.5 Å². The first kappa shape index (κ1) is 19.6. The van der Waals surface area contributed by atoms with Crippen LogP contribution in [0, 0.1) is 0 Å². The maximum Gasteiger partial charge on any atom is 0.341 e. The first-order valence-electron chi connectivity index (χ1n) is 8.71. The van der Waals surface area contributed by atoms with Crippen molar-refractivity contribution in [1.82, 2.24) is 9.61 Å². The maximum absolute atomic E-state index is 12.2. The van der Waals surface area contributed by atoms with E-state index in [9.17, 15) is 14.4 Å². The van der Waals surface area contributed by atoms with Crippen molar-refractivity contribution in [3.63, 3.8) is 0 Å². The molecule has 0 atom stereocenters. The molecular weight excluding hydrogens is 382 g/mol. The van der Waals surface area contributed by atoms with E-state index in [0.717, 1.165) is 0 Å². The summed E-state index contributed by atoms with van der Waals surface area (Å²) in [5, 5.41) is 7.37. The fourth-order valence-corrected chi connectivity index (χ4v) is 2.78. The van der Waals surface area contributed by atoms with Crippen LogP contribution in [0.5, 0.6) is 0 Å². The first-order chi connectivity index (χ1) is 13.5. The van der Waals surface area contributed by atoms with Gasteiger partial charge in [0.25, 0.3) is 0 Å². The third-order valence-corrected chi connectivity index (χ3v) is 4.30. The number of benzene rings is 1. The number of Topliss-reactive ketones (excluding diaryl/α,β-unsaturated/α-hetero) is 1. The highest BCUT2D eigenvalue weighted by atomic mass is 35.5. The number of nitrogens with one attached hydrogen (secondary N) is 1. The molecule has 1 aromatic carbocycles. The molecule has 0 aliphatic rings. The van der Waals surface area contributed by atoms with Crippen LogP contribution in [0.4, 0.5) is 5.69 Å². The molecule has 0 aliphatic carbocycles. The number of pyridine rings is 1. The van der Waals surface area contributed by atoms with E-state index in [-0.39, 0.29) is 31.1 Å². The number of amides is 1. The summed E-state index contributed by atoms with van der Waals surface area (Å²) in [5.74, 6) is -0.916. The van der Waals surface area contributed by atoms with E-state index in [1.165, 1.54) is 10.7 Å². The molecule has 0 radical (unpaired) electrons. The molecule has 0 saturated carbocycles. The van der Waals surface area contributed by atoms with Crippen molar-refractivity contribution in [2.75, 3.05) is 11.9 Å². The number of halogens is 1. The van der Waals surface area contributed by atoms with Gasteiger partial charge >= 0.3 is 5.97 Å². The van der Waals surface area contributed by atoms with E-state index in [4.69, 9.17) is 16.3 Å². The number of ether oxygens (including phenoxy) is 1. The lowest BCUT2D eigenvalue weighted by molar-refractivity contribution is -0.116. The number of anilines is 1. The fraction of sp³-hybridized carbons (Fsp3) is 0.200. The van der Waals surface area contributed by atoms with E-state index in [2.05, 4.69) is 10.4 Å². The fourth-order valence-electron chi connectivity index (χ4n) is 2.66. The van der Waals surface area contributed by atoms with E-state index in [1.807, 2.05) is 0 Å². The van der Waals surface area contributed by atoms with Crippen molar-refractivity contribution in [3.05, 3.63) is 64.9 Å². The quantitative estimate of drug-likeness (QED) is 0.482. The van der Waals surface area contributed by atoms with E-state index < -0.39 is 5.97 Å². The van der Waals surface area contributed by atoms with Crippen LogP contribution in [0.1, 0.15) is 40.5 Å². The van der Waals surface area contributed by atoms with Gasteiger partial charge in [0, 0.05) is 35.3 Å². The zero-order valence-electron chi connectivity index (χ0n) is 15.1. The number of hydrogen-bond donors (Lipinski definition) is 1. The average molecular weight is 400 g/mol. The number of fused-ring (bicyclic) bond motifs is 1. The van der Waals surface area contributed by atoms with Crippen molar-refractivity contribution in [3.8, 4) is 0 Å². The Labute approximate surface area is 166 Å². The van der Waals surface area contributed by atoms with Gasteiger partial charge in [-0.25, -0.2) is 9.31 Å². The number of aromatic nitrogens is 2. The second-order valence-electron chi connectivity index (χ2n) is 6.00. The molecular formula is C20H18ClN3O4.